The molecule has 2 rings (SSSR count). The molecule has 4 N–H and O–H groups in total. The van der Waals surface area contributed by atoms with E-state index in [4.69, 9.17) is 10.8 Å². The number of hydrogen-bond acceptors (Lipinski definition) is 3. The predicted octanol–water partition coefficient (Wildman–Crippen LogP) is 2.85. The Morgan fingerprint density at radius 1 is 1.33 bits per heavy atom. The van der Waals surface area contributed by atoms with Crippen molar-refractivity contribution in [3.05, 3.63) is 28.2 Å². The third-order valence-corrected chi connectivity index (χ3v) is 4.68. The number of hydrogen-bond donors (Lipinski definition) is 3. The van der Waals surface area contributed by atoms with Crippen molar-refractivity contribution in [2.45, 2.75) is 25.7 Å². The lowest BCUT2D eigenvalue weighted by atomic mass is 9.78. The van der Waals surface area contributed by atoms with Crippen LogP contribution in [-0.2, 0) is 4.79 Å². The summed E-state index contributed by atoms with van der Waals surface area (Å²) in [6.07, 6.45) is 4.03. The molecule has 21 heavy (non-hydrogen) atoms. The van der Waals surface area contributed by atoms with E-state index in [9.17, 15) is 9.59 Å². The van der Waals surface area contributed by atoms with Gasteiger partial charge in [0.15, 0.2) is 0 Å². The van der Waals surface area contributed by atoms with E-state index < -0.39 is 5.97 Å². The van der Waals surface area contributed by atoms with Crippen LogP contribution < -0.4 is 11.1 Å². The zero-order chi connectivity index (χ0) is 15.4. The summed E-state index contributed by atoms with van der Waals surface area (Å²) in [7, 11) is 0. The fourth-order valence-electron chi connectivity index (χ4n) is 2.81. The number of carbonyl (C=O) groups is 2. The number of benzene rings is 1. The van der Waals surface area contributed by atoms with Gasteiger partial charge < -0.3 is 16.2 Å². The van der Waals surface area contributed by atoms with Crippen LogP contribution in [0.15, 0.2) is 22.7 Å². The molecule has 2 atom stereocenters. The van der Waals surface area contributed by atoms with Crippen LogP contribution in [0.4, 0.5) is 5.69 Å². The first-order chi connectivity index (χ1) is 10.0. The maximum absolute atomic E-state index is 12.4. The SMILES string of the molecule is NCC1CCCCC1C(=O)Nc1ccc(C(=O)O)cc1Br. The second-order valence-electron chi connectivity index (χ2n) is 5.38. The van der Waals surface area contributed by atoms with Crippen LogP contribution in [0.2, 0.25) is 0 Å². The molecule has 0 radical (unpaired) electrons. The molecule has 6 heteroatoms. The van der Waals surface area contributed by atoms with Gasteiger partial charge in [0.25, 0.3) is 0 Å². The molecule has 1 aliphatic carbocycles. The second-order valence-corrected chi connectivity index (χ2v) is 6.23. The number of halogens is 1. The summed E-state index contributed by atoms with van der Waals surface area (Å²) in [5.74, 6) is -0.858. The van der Waals surface area contributed by atoms with Crippen molar-refractivity contribution in [1.29, 1.82) is 0 Å². The highest BCUT2D eigenvalue weighted by molar-refractivity contribution is 9.10. The number of carboxylic acids is 1. The Hall–Kier alpha value is -1.40. The first-order valence-corrected chi connectivity index (χ1v) is 7.86. The fourth-order valence-corrected chi connectivity index (χ4v) is 3.29. The number of amides is 1. The maximum Gasteiger partial charge on any atom is 0.335 e. The minimum atomic E-state index is -0.996. The van der Waals surface area contributed by atoms with Crippen LogP contribution >= 0.6 is 15.9 Å². The molecule has 0 heterocycles. The summed E-state index contributed by atoms with van der Waals surface area (Å²) in [5, 5.41) is 11.8. The van der Waals surface area contributed by atoms with Gasteiger partial charge in [0.1, 0.15) is 0 Å². The average Bonchev–Trinajstić information content (AvgIpc) is 2.48. The summed E-state index contributed by atoms with van der Waals surface area (Å²) in [6, 6.07) is 4.56. The maximum atomic E-state index is 12.4. The van der Waals surface area contributed by atoms with E-state index in [1.165, 1.54) is 12.1 Å². The molecule has 1 aliphatic rings. The van der Waals surface area contributed by atoms with Crippen LogP contribution in [-0.4, -0.2) is 23.5 Å². The Balaban J connectivity index is 2.10. The number of aromatic carboxylic acids is 1. The van der Waals surface area contributed by atoms with Crippen LogP contribution in [0, 0.1) is 11.8 Å². The van der Waals surface area contributed by atoms with Crippen molar-refractivity contribution in [3.63, 3.8) is 0 Å². The van der Waals surface area contributed by atoms with Crippen molar-refractivity contribution < 1.29 is 14.7 Å². The average molecular weight is 355 g/mol. The molecule has 0 bridgehead atoms. The van der Waals surface area contributed by atoms with Crippen molar-refractivity contribution in [2.24, 2.45) is 17.6 Å². The number of rotatable bonds is 4. The quantitative estimate of drug-likeness (QED) is 0.774. The number of nitrogens with two attached hydrogens (primary N) is 1. The van der Waals surface area contributed by atoms with Gasteiger partial charge in [-0.2, -0.15) is 0 Å². The Labute approximate surface area is 132 Å². The molecule has 2 unspecified atom stereocenters. The normalized spacial score (nSPS) is 21.8. The molecule has 1 amide bonds. The Kier molecular flexibility index (Phi) is 5.36. The van der Waals surface area contributed by atoms with Gasteiger partial charge in [0.2, 0.25) is 5.91 Å². The summed E-state index contributed by atoms with van der Waals surface area (Å²) in [4.78, 5) is 23.3. The zero-order valence-electron chi connectivity index (χ0n) is 11.6. The van der Waals surface area contributed by atoms with Gasteiger partial charge in [-0.15, -0.1) is 0 Å². The van der Waals surface area contributed by atoms with E-state index in [0.29, 0.717) is 16.7 Å². The standard InChI is InChI=1S/C15H19BrN2O3/c16-12-7-9(15(20)21)5-6-13(12)18-14(19)11-4-2-1-3-10(11)8-17/h5-7,10-11H,1-4,8,17H2,(H,18,19)(H,20,21). The molecule has 0 aromatic heterocycles. The Bertz CT molecular complexity index is 548. The van der Waals surface area contributed by atoms with Crippen LogP contribution in [0.1, 0.15) is 36.0 Å². The molecular formula is C15H19BrN2O3. The van der Waals surface area contributed by atoms with Crippen LogP contribution in [0.3, 0.4) is 0 Å². The van der Waals surface area contributed by atoms with Gasteiger partial charge >= 0.3 is 5.97 Å². The highest BCUT2D eigenvalue weighted by Gasteiger charge is 2.30. The van der Waals surface area contributed by atoms with Crippen LogP contribution in [0.25, 0.3) is 0 Å². The van der Waals surface area contributed by atoms with Crippen molar-refractivity contribution in [3.8, 4) is 0 Å². The second kappa shape index (κ2) is 7.04. The van der Waals surface area contributed by atoms with Gasteiger partial charge in [-0.1, -0.05) is 12.8 Å². The van der Waals surface area contributed by atoms with Gasteiger partial charge in [0, 0.05) is 10.4 Å². The smallest absolute Gasteiger partial charge is 0.335 e. The number of carbonyl (C=O) groups excluding carboxylic acids is 1. The lowest BCUT2D eigenvalue weighted by Crippen LogP contribution is -2.35. The molecule has 0 aliphatic heterocycles. The Morgan fingerprint density at radius 2 is 2.05 bits per heavy atom. The summed E-state index contributed by atoms with van der Waals surface area (Å²) in [6.45, 7) is 0.525. The zero-order valence-corrected chi connectivity index (χ0v) is 13.2. The largest absolute Gasteiger partial charge is 0.478 e. The third-order valence-electron chi connectivity index (χ3n) is 4.02. The summed E-state index contributed by atoms with van der Waals surface area (Å²) in [5.41, 5.74) is 6.52. The van der Waals surface area contributed by atoms with E-state index in [1.54, 1.807) is 6.07 Å². The monoisotopic (exact) mass is 354 g/mol. The lowest BCUT2D eigenvalue weighted by Gasteiger charge is -2.29. The minimum absolute atomic E-state index is 0.0334. The highest BCUT2D eigenvalue weighted by Crippen LogP contribution is 2.31. The van der Waals surface area contributed by atoms with Crippen molar-refractivity contribution >= 4 is 33.5 Å². The minimum Gasteiger partial charge on any atom is -0.478 e. The lowest BCUT2D eigenvalue weighted by molar-refractivity contribution is -0.122. The number of carboxylic acid groups (broad SMARTS) is 1. The third kappa shape index (κ3) is 3.83. The Morgan fingerprint density at radius 3 is 2.67 bits per heavy atom. The van der Waals surface area contributed by atoms with Gasteiger partial charge in [0.05, 0.1) is 11.3 Å². The number of anilines is 1. The first kappa shape index (κ1) is 16.0. The van der Waals surface area contributed by atoms with E-state index in [2.05, 4.69) is 21.2 Å². The van der Waals surface area contributed by atoms with E-state index in [1.807, 2.05) is 0 Å². The fraction of sp³-hybridized carbons (Fsp3) is 0.467. The van der Waals surface area contributed by atoms with Gasteiger partial charge in [-0.3, -0.25) is 4.79 Å². The number of nitrogens with one attached hydrogen (secondary N) is 1. The molecular weight excluding hydrogens is 336 g/mol. The summed E-state index contributed by atoms with van der Waals surface area (Å²) < 4.78 is 0.566. The van der Waals surface area contributed by atoms with Crippen molar-refractivity contribution in [2.75, 3.05) is 11.9 Å². The van der Waals surface area contributed by atoms with Gasteiger partial charge in [-0.25, -0.2) is 4.79 Å². The molecule has 1 aromatic carbocycles. The van der Waals surface area contributed by atoms with Gasteiger partial charge in [-0.05, 0) is 59.4 Å². The van der Waals surface area contributed by atoms with Crippen molar-refractivity contribution in [1.82, 2.24) is 0 Å². The molecule has 1 aromatic rings. The molecule has 0 spiro atoms. The van der Waals surface area contributed by atoms with E-state index in [-0.39, 0.29) is 23.3 Å². The molecule has 0 saturated heterocycles. The first-order valence-electron chi connectivity index (χ1n) is 7.06. The topological polar surface area (TPSA) is 92.4 Å². The molecule has 114 valence electrons. The summed E-state index contributed by atoms with van der Waals surface area (Å²) >= 11 is 3.30. The molecule has 1 fully saturated rings. The van der Waals surface area contributed by atoms with Crippen LogP contribution in [0.5, 0.6) is 0 Å². The predicted molar refractivity (Wildman–Crippen MR) is 84.2 cm³/mol. The van der Waals surface area contributed by atoms with E-state index >= 15 is 0 Å². The highest BCUT2D eigenvalue weighted by atomic mass is 79.9. The molecule has 5 nitrogen and oxygen atoms in total. The molecule has 1 saturated carbocycles. The van der Waals surface area contributed by atoms with E-state index in [0.717, 1.165) is 25.7 Å².